The quantitative estimate of drug-likeness (QED) is 0.138. The summed E-state index contributed by atoms with van der Waals surface area (Å²) in [5, 5.41) is 7.70. The molecule has 2 rings (SSSR count). The number of hydrogen-bond acceptors (Lipinski definition) is 14. The molecule has 39 heavy (non-hydrogen) atoms. The smallest absolute Gasteiger partial charge is 0.365 e. The molecule has 218 valence electrons. The van der Waals surface area contributed by atoms with Gasteiger partial charge in [0.25, 0.3) is 11.8 Å². The van der Waals surface area contributed by atoms with Crippen LogP contribution < -0.4 is 11.1 Å². The molecule has 2 amide bonds. The number of anilines is 1. The van der Waals surface area contributed by atoms with E-state index < -0.39 is 69.5 Å². The van der Waals surface area contributed by atoms with Gasteiger partial charge in [0.2, 0.25) is 5.60 Å². The molecule has 0 aliphatic carbocycles. The van der Waals surface area contributed by atoms with E-state index in [9.17, 15) is 27.6 Å². The van der Waals surface area contributed by atoms with E-state index in [2.05, 4.69) is 15.5 Å². The van der Waals surface area contributed by atoms with Crippen LogP contribution >= 0.6 is 11.3 Å². The SMILES string of the molecule is CCOC(=O)C(C)(C)COS(=O)(=O)N1C(=O)[C@@H](NC(=O)/C(=N\OC(C)(C)C(=O)OCC)c2csc(N)n2)[C@@H]1C. The van der Waals surface area contributed by atoms with Crippen LogP contribution in [0.2, 0.25) is 0 Å². The van der Waals surface area contributed by atoms with Gasteiger partial charge in [0, 0.05) is 5.38 Å². The minimum Gasteiger partial charge on any atom is -0.466 e. The van der Waals surface area contributed by atoms with E-state index in [0.29, 0.717) is 4.31 Å². The van der Waals surface area contributed by atoms with Gasteiger partial charge >= 0.3 is 22.2 Å². The molecule has 1 aliphatic heterocycles. The van der Waals surface area contributed by atoms with E-state index in [4.69, 9.17) is 24.2 Å². The van der Waals surface area contributed by atoms with Crippen molar-refractivity contribution in [3.63, 3.8) is 0 Å². The first-order valence-corrected chi connectivity index (χ1v) is 14.1. The average molecular weight is 592 g/mol. The number of nitrogens with two attached hydrogens (primary N) is 1. The molecule has 2 atom stereocenters. The van der Waals surface area contributed by atoms with Gasteiger partial charge in [0.15, 0.2) is 10.8 Å². The summed E-state index contributed by atoms with van der Waals surface area (Å²) in [5.74, 6) is -3.32. The Morgan fingerprint density at radius 1 is 1.15 bits per heavy atom. The highest BCUT2D eigenvalue weighted by atomic mass is 32.2. The van der Waals surface area contributed by atoms with Crippen LogP contribution in [0.25, 0.3) is 0 Å². The summed E-state index contributed by atoms with van der Waals surface area (Å²) in [4.78, 5) is 59.3. The van der Waals surface area contributed by atoms with Crippen LogP contribution in [-0.4, -0.2) is 84.7 Å². The standard InChI is InChI=1S/C22H33N5O10S2/c1-8-34-18(30)21(4,5)11-36-39(32,33)27-12(3)14(17(27)29)25-16(28)15(13-10-38-20(23)24-13)26-37-22(6,7)19(31)35-9-2/h10,12,14H,8-9,11H2,1-7H3,(H2,23,24)(H,25,28)/b26-15-/t12-,14-/m0/s1. The lowest BCUT2D eigenvalue weighted by atomic mass is 9.95. The van der Waals surface area contributed by atoms with Gasteiger partial charge in [-0.15, -0.1) is 11.3 Å². The zero-order valence-electron chi connectivity index (χ0n) is 22.7. The monoisotopic (exact) mass is 591 g/mol. The summed E-state index contributed by atoms with van der Waals surface area (Å²) in [7, 11) is -4.59. The number of carbonyl (C=O) groups excluding carboxylic acids is 4. The van der Waals surface area contributed by atoms with E-state index >= 15 is 0 Å². The van der Waals surface area contributed by atoms with E-state index in [1.807, 2.05) is 0 Å². The van der Waals surface area contributed by atoms with E-state index in [0.717, 1.165) is 11.3 Å². The summed E-state index contributed by atoms with van der Waals surface area (Å²) in [6.45, 7) is 9.84. The fourth-order valence-electron chi connectivity index (χ4n) is 3.07. The number of carbonyl (C=O) groups is 4. The van der Waals surface area contributed by atoms with E-state index in [-0.39, 0.29) is 24.0 Å². The number of oxime groups is 1. The molecule has 0 radical (unpaired) electrons. The van der Waals surface area contributed by atoms with E-state index in [1.165, 1.54) is 40.0 Å². The predicted octanol–water partition coefficient (Wildman–Crippen LogP) is 0.354. The molecule has 3 N–H and O–H groups in total. The van der Waals surface area contributed by atoms with Gasteiger partial charge < -0.3 is 25.4 Å². The van der Waals surface area contributed by atoms with Crippen molar-refractivity contribution in [2.24, 2.45) is 10.6 Å². The highest BCUT2D eigenvalue weighted by Gasteiger charge is 2.53. The third-order valence-corrected chi connectivity index (χ3v) is 7.46. The Bertz CT molecular complexity index is 1240. The number of nitrogen functional groups attached to an aromatic ring is 1. The number of nitrogens with zero attached hydrogens (tertiary/aromatic N) is 3. The molecule has 0 spiro atoms. The van der Waals surface area contributed by atoms with Crippen molar-refractivity contribution in [2.75, 3.05) is 25.6 Å². The second kappa shape index (κ2) is 12.3. The maximum atomic E-state index is 13.1. The highest BCUT2D eigenvalue weighted by molar-refractivity contribution is 7.85. The maximum Gasteiger partial charge on any atom is 0.365 e. The molecule has 17 heteroatoms. The van der Waals surface area contributed by atoms with Crippen LogP contribution in [0.15, 0.2) is 10.5 Å². The number of aromatic nitrogens is 1. The summed E-state index contributed by atoms with van der Waals surface area (Å²) in [6.07, 6.45) is 0. The van der Waals surface area contributed by atoms with Crippen LogP contribution in [-0.2, 0) is 48.0 Å². The largest absolute Gasteiger partial charge is 0.466 e. The molecule has 0 unspecified atom stereocenters. The van der Waals surface area contributed by atoms with Crippen molar-refractivity contribution < 1.29 is 46.1 Å². The Balaban J connectivity index is 2.17. The lowest BCUT2D eigenvalue weighted by Gasteiger charge is -2.43. The summed E-state index contributed by atoms with van der Waals surface area (Å²) < 4.78 is 40.6. The first-order chi connectivity index (χ1) is 18.0. The van der Waals surface area contributed by atoms with Gasteiger partial charge in [-0.05, 0) is 48.5 Å². The molecule has 1 aromatic heterocycles. The van der Waals surface area contributed by atoms with Crippen LogP contribution in [0.1, 0.15) is 54.2 Å². The van der Waals surface area contributed by atoms with Crippen LogP contribution in [0, 0.1) is 5.41 Å². The zero-order chi connectivity index (χ0) is 29.8. The third-order valence-electron chi connectivity index (χ3n) is 5.37. The number of thiazole rings is 1. The van der Waals surface area contributed by atoms with Gasteiger partial charge in [-0.2, -0.15) is 8.42 Å². The van der Waals surface area contributed by atoms with E-state index in [1.54, 1.807) is 13.8 Å². The Labute approximate surface area is 230 Å². The number of rotatable bonds is 13. The molecule has 15 nitrogen and oxygen atoms in total. The molecule has 1 saturated heterocycles. The van der Waals surface area contributed by atoms with Crippen molar-refractivity contribution in [3.05, 3.63) is 11.1 Å². The zero-order valence-corrected chi connectivity index (χ0v) is 24.3. The Morgan fingerprint density at radius 2 is 1.74 bits per heavy atom. The lowest BCUT2D eigenvalue weighted by molar-refractivity contribution is -0.167. The summed E-state index contributed by atoms with van der Waals surface area (Å²) in [5.41, 5.74) is 2.39. The number of hydrogen-bond donors (Lipinski definition) is 2. The lowest BCUT2D eigenvalue weighted by Crippen LogP contribution is -2.71. The summed E-state index contributed by atoms with van der Waals surface area (Å²) in [6, 6.07) is -2.32. The average Bonchev–Trinajstić information content (AvgIpc) is 3.27. The number of β-lactam (4-membered cyclic amide) rings is 1. The van der Waals surface area contributed by atoms with Crippen molar-refractivity contribution in [1.82, 2.24) is 14.6 Å². The molecule has 0 bridgehead atoms. The molecule has 2 heterocycles. The maximum absolute atomic E-state index is 13.1. The van der Waals surface area contributed by atoms with Gasteiger partial charge in [-0.3, -0.25) is 18.6 Å². The molecule has 0 aromatic carbocycles. The Morgan fingerprint density at radius 3 is 2.26 bits per heavy atom. The fraction of sp³-hybridized carbons (Fsp3) is 0.636. The number of nitrogens with one attached hydrogen (secondary N) is 1. The summed E-state index contributed by atoms with van der Waals surface area (Å²) >= 11 is 1.01. The van der Waals surface area contributed by atoms with Crippen LogP contribution in [0.5, 0.6) is 0 Å². The molecule has 1 aromatic rings. The molecular weight excluding hydrogens is 558 g/mol. The van der Waals surface area contributed by atoms with Crippen molar-refractivity contribution >= 4 is 56.2 Å². The first-order valence-electron chi connectivity index (χ1n) is 11.8. The van der Waals surface area contributed by atoms with Crippen molar-refractivity contribution in [3.8, 4) is 0 Å². The van der Waals surface area contributed by atoms with Crippen molar-refractivity contribution in [1.29, 1.82) is 0 Å². The van der Waals surface area contributed by atoms with Gasteiger partial charge in [0.1, 0.15) is 11.7 Å². The minimum atomic E-state index is -4.59. The van der Waals surface area contributed by atoms with Gasteiger partial charge in [-0.25, -0.2) is 14.1 Å². The minimum absolute atomic E-state index is 0.00286. The first kappa shape index (κ1) is 31.9. The number of ether oxygens (including phenoxy) is 2. The second-order valence-corrected chi connectivity index (χ2v) is 11.9. The molecule has 0 saturated carbocycles. The number of amides is 2. The highest BCUT2D eigenvalue weighted by Crippen LogP contribution is 2.27. The Kier molecular flexibility index (Phi) is 10.0. The van der Waals surface area contributed by atoms with Gasteiger partial charge in [-0.1, -0.05) is 5.16 Å². The van der Waals surface area contributed by atoms with Gasteiger partial charge in [0.05, 0.1) is 31.3 Å². The fourth-order valence-corrected chi connectivity index (χ4v) is 5.04. The third kappa shape index (κ3) is 7.42. The predicted molar refractivity (Wildman–Crippen MR) is 138 cm³/mol. The van der Waals surface area contributed by atoms with Crippen molar-refractivity contribution in [2.45, 2.75) is 66.2 Å². The topological polar surface area (TPSA) is 206 Å². The number of esters is 2. The normalized spacial score (nSPS) is 18.3. The molecule has 1 fully saturated rings. The van der Waals surface area contributed by atoms with Crippen LogP contribution in [0.3, 0.4) is 0 Å². The molecular formula is C22H33N5O10S2. The Hall–Kier alpha value is -3.31. The molecule has 1 aliphatic rings. The second-order valence-electron chi connectivity index (χ2n) is 9.48. The van der Waals surface area contributed by atoms with Crippen LogP contribution in [0.4, 0.5) is 5.13 Å².